The Morgan fingerprint density at radius 1 is 1.03 bits per heavy atom. The molecule has 0 spiro atoms. The van der Waals surface area contributed by atoms with E-state index in [0.29, 0.717) is 35.1 Å². The van der Waals surface area contributed by atoms with E-state index < -0.39 is 12.1 Å². The number of aryl methyl sites for hydroxylation is 1. The molecule has 34 heavy (non-hydrogen) atoms. The summed E-state index contributed by atoms with van der Waals surface area (Å²) in [6, 6.07) is 15.0. The number of carbonyl (C=O) groups is 1. The second-order valence-corrected chi connectivity index (χ2v) is 7.98. The van der Waals surface area contributed by atoms with Gasteiger partial charge >= 0.3 is 12.1 Å². The fraction of sp³-hybridized carbons (Fsp3) is 0.217. The Morgan fingerprint density at radius 2 is 1.82 bits per heavy atom. The summed E-state index contributed by atoms with van der Waals surface area (Å²) in [5.41, 5.74) is 3.68. The molecule has 1 amide bonds. The first-order valence-electron chi connectivity index (χ1n) is 10.5. The molecule has 1 aliphatic heterocycles. The fourth-order valence-corrected chi connectivity index (χ4v) is 3.97. The first-order valence-corrected chi connectivity index (χ1v) is 10.5. The predicted molar refractivity (Wildman–Crippen MR) is 121 cm³/mol. The molecule has 0 saturated carbocycles. The Balaban J connectivity index is 1.37. The van der Waals surface area contributed by atoms with E-state index in [4.69, 9.17) is 0 Å². The minimum Gasteiger partial charge on any atom is -0.338 e. The molecule has 174 valence electrons. The molecule has 0 fully saturated rings. The number of nitrogens with one attached hydrogen (secondary N) is 2. The normalized spacial score (nSPS) is 13.6. The monoisotopic (exact) mass is 467 g/mol. The first kappa shape index (κ1) is 21.7. The summed E-state index contributed by atoms with van der Waals surface area (Å²) in [4.78, 5) is 21.4. The third-order valence-electron chi connectivity index (χ3n) is 5.62. The summed E-state index contributed by atoms with van der Waals surface area (Å²) in [5, 5.41) is 11.6. The number of nitrogens with zero attached hydrogens (tertiary/aromatic N) is 5. The summed E-state index contributed by atoms with van der Waals surface area (Å²) >= 11 is 0. The number of fused-ring (bicyclic) bond motifs is 2. The van der Waals surface area contributed by atoms with Crippen LogP contribution in [0.15, 0.2) is 54.7 Å². The van der Waals surface area contributed by atoms with Crippen LogP contribution in [0.5, 0.6) is 0 Å². The van der Waals surface area contributed by atoms with Crippen molar-refractivity contribution >= 4 is 40.1 Å². The van der Waals surface area contributed by atoms with Crippen LogP contribution in [0, 0.1) is 0 Å². The minimum atomic E-state index is -4.88. The van der Waals surface area contributed by atoms with Gasteiger partial charge in [-0.2, -0.15) is 23.3 Å². The van der Waals surface area contributed by atoms with Gasteiger partial charge in [0.15, 0.2) is 11.5 Å². The number of alkyl halides is 3. The summed E-state index contributed by atoms with van der Waals surface area (Å²) in [6.07, 6.45) is -2.86. The quantitative estimate of drug-likeness (QED) is 0.466. The second-order valence-electron chi connectivity index (χ2n) is 7.98. The van der Waals surface area contributed by atoms with Gasteiger partial charge in [0, 0.05) is 37.7 Å². The Labute approximate surface area is 192 Å². The number of amides is 1. The van der Waals surface area contributed by atoms with Crippen molar-refractivity contribution in [3.63, 3.8) is 0 Å². The van der Waals surface area contributed by atoms with Crippen LogP contribution in [0.25, 0.3) is 11.0 Å². The molecule has 3 heterocycles. The van der Waals surface area contributed by atoms with E-state index in [0.717, 1.165) is 21.5 Å². The van der Waals surface area contributed by atoms with E-state index in [1.807, 2.05) is 42.5 Å². The van der Waals surface area contributed by atoms with Crippen LogP contribution in [0.4, 0.5) is 36.3 Å². The molecule has 0 bridgehead atoms. The van der Waals surface area contributed by atoms with Crippen molar-refractivity contribution in [1.29, 1.82) is 0 Å². The minimum absolute atomic E-state index is 0.0394. The van der Waals surface area contributed by atoms with E-state index >= 15 is 0 Å². The van der Waals surface area contributed by atoms with Crippen molar-refractivity contribution in [2.24, 2.45) is 7.05 Å². The Bertz CT molecular complexity index is 1370. The van der Waals surface area contributed by atoms with Crippen LogP contribution in [0.1, 0.15) is 11.1 Å². The van der Waals surface area contributed by atoms with Gasteiger partial charge < -0.3 is 15.5 Å². The fourth-order valence-electron chi connectivity index (χ4n) is 3.97. The van der Waals surface area contributed by atoms with Gasteiger partial charge in [-0.25, -0.2) is 9.67 Å². The average molecular weight is 467 g/mol. The molecule has 1 aliphatic rings. The van der Waals surface area contributed by atoms with Crippen LogP contribution in [-0.4, -0.2) is 43.3 Å². The number of anilines is 4. The Morgan fingerprint density at radius 3 is 2.59 bits per heavy atom. The molecule has 5 rings (SSSR count). The number of carbonyl (C=O) groups excluding carboxylic acids is 1. The first-order chi connectivity index (χ1) is 16.3. The van der Waals surface area contributed by atoms with E-state index in [2.05, 4.69) is 25.7 Å². The topological polar surface area (TPSA) is 88.0 Å². The number of benzene rings is 2. The number of hydrogen-bond acceptors (Lipinski definition) is 6. The second kappa shape index (κ2) is 8.32. The van der Waals surface area contributed by atoms with E-state index in [-0.39, 0.29) is 13.1 Å². The maximum atomic E-state index is 12.8. The molecule has 0 atom stereocenters. The van der Waals surface area contributed by atoms with Crippen molar-refractivity contribution in [2.75, 3.05) is 17.2 Å². The number of hydrogen-bond donors (Lipinski definition) is 2. The highest BCUT2D eigenvalue weighted by atomic mass is 19.4. The number of halogens is 3. The highest BCUT2D eigenvalue weighted by molar-refractivity contribution is 5.89. The number of rotatable bonds is 4. The third-order valence-corrected chi connectivity index (χ3v) is 5.62. The zero-order valence-electron chi connectivity index (χ0n) is 18.1. The van der Waals surface area contributed by atoms with E-state index in [9.17, 15) is 18.0 Å². The zero-order valence-corrected chi connectivity index (χ0v) is 18.1. The average Bonchev–Trinajstić information content (AvgIpc) is 3.12. The summed E-state index contributed by atoms with van der Waals surface area (Å²) in [6.45, 7) is -0.0585. The Hall–Kier alpha value is -4.15. The molecule has 11 heteroatoms. The van der Waals surface area contributed by atoms with Gasteiger partial charge in [-0.1, -0.05) is 24.3 Å². The number of para-hydroxylation sites is 1. The molecule has 0 aliphatic carbocycles. The summed E-state index contributed by atoms with van der Waals surface area (Å²) in [5.74, 6) is -0.874. The molecule has 0 unspecified atom stereocenters. The lowest BCUT2D eigenvalue weighted by molar-refractivity contribution is -0.186. The van der Waals surface area contributed by atoms with Crippen molar-refractivity contribution in [2.45, 2.75) is 19.1 Å². The molecule has 4 aromatic rings. The van der Waals surface area contributed by atoms with Crippen LogP contribution < -0.4 is 10.6 Å². The summed E-state index contributed by atoms with van der Waals surface area (Å²) in [7, 11) is 1.78. The maximum Gasteiger partial charge on any atom is 0.471 e. The maximum absolute atomic E-state index is 12.8. The van der Waals surface area contributed by atoms with Gasteiger partial charge in [0.05, 0.1) is 5.39 Å². The molecular weight excluding hydrogens is 447 g/mol. The van der Waals surface area contributed by atoms with Crippen LogP contribution in [-0.2, 0) is 24.8 Å². The van der Waals surface area contributed by atoms with Crippen LogP contribution in [0.2, 0.25) is 0 Å². The van der Waals surface area contributed by atoms with Gasteiger partial charge in [-0.15, -0.1) is 0 Å². The van der Waals surface area contributed by atoms with Crippen molar-refractivity contribution in [3.8, 4) is 0 Å². The molecule has 8 nitrogen and oxygen atoms in total. The van der Waals surface area contributed by atoms with Crippen molar-refractivity contribution in [1.82, 2.24) is 24.6 Å². The molecule has 0 radical (unpaired) electrons. The van der Waals surface area contributed by atoms with Gasteiger partial charge in [-0.05, 0) is 41.8 Å². The summed E-state index contributed by atoms with van der Waals surface area (Å²) < 4.78 is 40.1. The SMILES string of the molecule is Cn1nc(Nc2ccccc2)c2cnc(Nc3ccc4c(c3)CN(C(=O)C(F)(F)F)CC4)nc21. The molecule has 2 aromatic carbocycles. The lowest BCUT2D eigenvalue weighted by atomic mass is 9.99. The van der Waals surface area contributed by atoms with E-state index in [1.165, 1.54) is 0 Å². The molecule has 2 N–H and O–H groups in total. The van der Waals surface area contributed by atoms with Gasteiger partial charge in [-0.3, -0.25) is 4.79 Å². The van der Waals surface area contributed by atoms with Gasteiger partial charge in [0.25, 0.3) is 0 Å². The van der Waals surface area contributed by atoms with Crippen molar-refractivity contribution in [3.05, 3.63) is 65.9 Å². The lowest BCUT2D eigenvalue weighted by Gasteiger charge is -2.29. The number of aromatic nitrogens is 4. The standard InChI is InChI=1S/C23H20F3N7O/c1-32-20-18(19(31-32)28-16-5-3-2-4-6-16)12-27-22(30-20)29-17-8-7-14-9-10-33(13-15(14)11-17)21(34)23(24,25)26/h2-8,11-12H,9-10,13H2,1H3,(H,28,31)(H,27,29,30). The largest absolute Gasteiger partial charge is 0.471 e. The van der Waals surface area contributed by atoms with Gasteiger partial charge in [0.1, 0.15) is 0 Å². The van der Waals surface area contributed by atoms with Crippen LogP contribution in [0.3, 0.4) is 0 Å². The Kier molecular flexibility index (Phi) is 5.31. The van der Waals surface area contributed by atoms with Crippen molar-refractivity contribution < 1.29 is 18.0 Å². The lowest BCUT2D eigenvalue weighted by Crippen LogP contribution is -2.43. The highest BCUT2D eigenvalue weighted by Crippen LogP contribution is 2.28. The van der Waals surface area contributed by atoms with Crippen LogP contribution >= 0.6 is 0 Å². The molecule has 0 saturated heterocycles. The highest BCUT2D eigenvalue weighted by Gasteiger charge is 2.43. The van der Waals surface area contributed by atoms with Gasteiger partial charge in [0.2, 0.25) is 5.95 Å². The van der Waals surface area contributed by atoms with E-state index in [1.54, 1.807) is 24.0 Å². The molecular formula is C23H20F3N7O. The molecule has 2 aromatic heterocycles. The zero-order chi connectivity index (χ0) is 23.9. The third kappa shape index (κ3) is 4.24. The smallest absolute Gasteiger partial charge is 0.338 e. The predicted octanol–water partition coefficient (Wildman–Crippen LogP) is 4.30.